The highest BCUT2D eigenvalue weighted by Gasteiger charge is 2.17. The maximum Gasteiger partial charge on any atom is 0.271 e. The van der Waals surface area contributed by atoms with Gasteiger partial charge in [0.05, 0.1) is 17.6 Å². The van der Waals surface area contributed by atoms with Gasteiger partial charge in [-0.1, -0.05) is 0 Å². The van der Waals surface area contributed by atoms with E-state index in [-0.39, 0.29) is 16.7 Å². The number of likely N-dealkylation sites (N-methyl/N-ethyl adjacent to an activating group) is 1. The molecule has 0 bridgehead atoms. The zero-order valence-electron chi connectivity index (χ0n) is 11.3. The third-order valence-corrected chi connectivity index (χ3v) is 3.15. The second kappa shape index (κ2) is 5.99. The number of rotatable bonds is 4. The molecule has 1 aliphatic rings. The van der Waals surface area contributed by atoms with Crippen LogP contribution in [0.1, 0.15) is 5.56 Å². The molecule has 0 radical (unpaired) electrons. The number of non-ortho nitro benzene ring substituents is 1. The highest BCUT2D eigenvalue weighted by molar-refractivity contribution is 5.53. The van der Waals surface area contributed by atoms with E-state index in [1.165, 1.54) is 0 Å². The van der Waals surface area contributed by atoms with Gasteiger partial charge in [0.15, 0.2) is 0 Å². The molecule has 0 aliphatic carbocycles. The predicted octanol–water partition coefficient (Wildman–Crippen LogP) is 1.65. The number of ether oxygens (including phenoxy) is 1. The van der Waals surface area contributed by atoms with Crippen LogP contribution in [-0.2, 0) is 4.74 Å². The number of morpholine rings is 1. The van der Waals surface area contributed by atoms with Crippen molar-refractivity contribution in [3.05, 3.63) is 33.9 Å². The predicted molar refractivity (Wildman–Crippen MR) is 73.6 cm³/mol. The number of nitrogens with zero attached hydrogens (tertiary/aromatic N) is 2. The summed E-state index contributed by atoms with van der Waals surface area (Å²) >= 11 is 0. The van der Waals surface area contributed by atoms with Crippen molar-refractivity contribution in [1.82, 2.24) is 4.90 Å². The Morgan fingerprint density at radius 3 is 3.00 bits per heavy atom. The molecule has 6 nitrogen and oxygen atoms in total. The normalized spacial score (nSPS) is 20.2. The van der Waals surface area contributed by atoms with E-state index in [9.17, 15) is 10.1 Å². The lowest BCUT2D eigenvalue weighted by Gasteiger charge is -2.30. The third kappa shape index (κ3) is 3.90. The zero-order valence-corrected chi connectivity index (χ0v) is 11.3. The first-order valence-electron chi connectivity index (χ1n) is 6.34. The van der Waals surface area contributed by atoms with Crippen LogP contribution < -0.4 is 5.32 Å². The van der Waals surface area contributed by atoms with Crippen LogP contribution in [0.15, 0.2) is 18.2 Å². The molecule has 1 atom stereocenters. The fraction of sp³-hybridized carbons (Fsp3) is 0.538. The Kier molecular flexibility index (Phi) is 4.34. The number of nitro groups is 1. The van der Waals surface area contributed by atoms with E-state index in [1.807, 2.05) is 13.0 Å². The summed E-state index contributed by atoms with van der Waals surface area (Å²) in [4.78, 5) is 12.6. The van der Waals surface area contributed by atoms with Gasteiger partial charge in [-0.25, -0.2) is 0 Å². The molecule has 0 amide bonds. The molecule has 104 valence electrons. The molecular weight excluding hydrogens is 246 g/mol. The number of benzene rings is 1. The van der Waals surface area contributed by atoms with Gasteiger partial charge in [0, 0.05) is 37.5 Å². The number of nitrogens with one attached hydrogen (secondary N) is 1. The second-order valence-electron chi connectivity index (χ2n) is 4.95. The Bertz CT molecular complexity index is 464. The SMILES string of the molecule is Cc1cc(NCC2CN(C)CCO2)cc([N+](=O)[O-])c1. The van der Waals surface area contributed by atoms with E-state index < -0.39 is 0 Å². The first-order chi connectivity index (χ1) is 9.04. The Hall–Kier alpha value is -1.66. The average molecular weight is 265 g/mol. The minimum atomic E-state index is -0.372. The quantitative estimate of drug-likeness (QED) is 0.662. The van der Waals surface area contributed by atoms with Crippen LogP contribution in [0.2, 0.25) is 0 Å². The summed E-state index contributed by atoms with van der Waals surface area (Å²) in [5, 5.41) is 14.0. The van der Waals surface area contributed by atoms with E-state index in [0.29, 0.717) is 6.54 Å². The summed E-state index contributed by atoms with van der Waals surface area (Å²) in [5.74, 6) is 0. The Morgan fingerprint density at radius 1 is 1.53 bits per heavy atom. The van der Waals surface area contributed by atoms with Gasteiger partial charge in [0.1, 0.15) is 0 Å². The minimum Gasteiger partial charge on any atom is -0.382 e. The standard InChI is InChI=1S/C13H19N3O3/c1-10-5-11(7-12(6-10)16(17)18)14-8-13-9-15(2)3-4-19-13/h5-7,13-14H,3-4,8-9H2,1-2H3. The second-order valence-corrected chi connectivity index (χ2v) is 4.95. The monoisotopic (exact) mass is 265 g/mol. The molecule has 1 aromatic rings. The van der Waals surface area contributed by atoms with Crippen molar-refractivity contribution in [2.75, 3.05) is 38.6 Å². The number of aryl methyl sites for hydroxylation is 1. The van der Waals surface area contributed by atoms with E-state index >= 15 is 0 Å². The van der Waals surface area contributed by atoms with Crippen LogP contribution in [0.5, 0.6) is 0 Å². The summed E-state index contributed by atoms with van der Waals surface area (Å²) in [6.45, 7) is 5.07. The maximum atomic E-state index is 10.8. The van der Waals surface area contributed by atoms with Crippen LogP contribution in [0, 0.1) is 17.0 Å². The van der Waals surface area contributed by atoms with Crippen molar-refractivity contribution >= 4 is 11.4 Å². The molecule has 6 heteroatoms. The van der Waals surface area contributed by atoms with E-state index in [1.54, 1.807) is 12.1 Å². The van der Waals surface area contributed by atoms with E-state index in [2.05, 4.69) is 17.3 Å². The lowest BCUT2D eigenvalue weighted by Crippen LogP contribution is -2.43. The molecule has 0 spiro atoms. The minimum absolute atomic E-state index is 0.115. The van der Waals surface area contributed by atoms with E-state index in [4.69, 9.17) is 4.74 Å². The molecule has 1 N–H and O–H groups in total. The van der Waals surface area contributed by atoms with Crippen molar-refractivity contribution in [2.24, 2.45) is 0 Å². The smallest absolute Gasteiger partial charge is 0.271 e. The maximum absolute atomic E-state index is 10.8. The largest absolute Gasteiger partial charge is 0.382 e. The lowest BCUT2D eigenvalue weighted by molar-refractivity contribution is -0.384. The number of anilines is 1. The van der Waals surface area contributed by atoms with Gasteiger partial charge in [-0.3, -0.25) is 10.1 Å². The average Bonchev–Trinajstić information content (AvgIpc) is 2.36. The van der Waals surface area contributed by atoms with Gasteiger partial charge in [-0.2, -0.15) is 0 Å². The van der Waals surface area contributed by atoms with Gasteiger partial charge >= 0.3 is 0 Å². The zero-order chi connectivity index (χ0) is 13.8. The molecular formula is C13H19N3O3. The summed E-state index contributed by atoms with van der Waals surface area (Å²) in [5.41, 5.74) is 1.76. The third-order valence-electron chi connectivity index (χ3n) is 3.15. The highest BCUT2D eigenvalue weighted by Crippen LogP contribution is 2.20. The molecule has 1 unspecified atom stereocenters. The van der Waals surface area contributed by atoms with Crippen LogP contribution in [0.4, 0.5) is 11.4 Å². The summed E-state index contributed by atoms with van der Waals surface area (Å²) in [7, 11) is 2.06. The van der Waals surface area contributed by atoms with Gasteiger partial charge < -0.3 is 15.0 Å². The molecule has 1 fully saturated rings. The molecule has 2 rings (SSSR count). The Labute approximate surface area is 112 Å². The van der Waals surface area contributed by atoms with Crippen LogP contribution in [-0.4, -0.2) is 49.2 Å². The molecule has 1 aliphatic heterocycles. The van der Waals surface area contributed by atoms with Crippen molar-refractivity contribution in [3.8, 4) is 0 Å². The van der Waals surface area contributed by atoms with Gasteiger partial charge in [-0.05, 0) is 25.6 Å². The molecule has 0 saturated carbocycles. The summed E-state index contributed by atoms with van der Waals surface area (Å²) < 4.78 is 5.64. The fourth-order valence-electron chi connectivity index (χ4n) is 2.19. The highest BCUT2D eigenvalue weighted by atomic mass is 16.6. The van der Waals surface area contributed by atoms with Gasteiger partial charge in [-0.15, -0.1) is 0 Å². The van der Waals surface area contributed by atoms with E-state index in [0.717, 1.165) is 30.9 Å². The van der Waals surface area contributed by atoms with Gasteiger partial charge in [0.25, 0.3) is 5.69 Å². The Balaban J connectivity index is 1.97. The molecule has 1 saturated heterocycles. The van der Waals surface area contributed by atoms with Crippen LogP contribution >= 0.6 is 0 Å². The number of nitro benzene ring substituents is 1. The van der Waals surface area contributed by atoms with Crippen LogP contribution in [0.25, 0.3) is 0 Å². The number of hydrogen-bond acceptors (Lipinski definition) is 5. The molecule has 19 heavy (non-hydrogen) atoms. The lowest BCUT2D eigenvalue weighted by atomic mass is 10.2. The Morgan fingerprint density at radius 2 is 2.32 bits per heavy atom. The van der Waals surface area contributed by atoms with Crippen molar-refractivity contribution < 1.29 is 9.66 Å². The molecule has 1 heterocycles. The van der Waals surface area contributed by atoms with Crippen molar-refractivity contribution in [3.63, 3.8) is 0 Å². The van der Waals surface area contributed by atoms with Crippen LogP contribution in [0.3, 0.4) is 0 Å². The molecule has 0 aromatic heterocycles. The first kappa shape index (κ1) is 13.8. The summed E-state index contributed by atoms with van der Waals surface area (Å²) in [6.07, 6.45) is 0.123. The number of hydrogen-bond donors (Lipinski definition) is 1. The summed E-state index contributed by atoms with van der Waals surface area (Å²) in [6, 6.07) is 5.02. The van der Waals surface area contributed by atoms with Gasteiger partial charge in [0.2, 0.25) is 0 Å². The fourth-order valence-corrected chi connectivity index (χ4v) is 2.19. The first-order valence-corrected chi connectivity index (χ1v) is 6.34. The molecule has 1 aromatic carbocycles. The van der Waals surface area contributed by atoms with Crippen molar-refractivity contribution in [1.29, 1.82) is 0 Å². The topological polar surface area (TPSA) is 67.6 Å². The van der Waals surface area contributed by atoms with Crippen molar-refractivity contribution in [2.45, 2.75) is 13.0 Å².